The molecule has 0 aliphatic rings. The first-order chi connectivity index (χ1) is 8.20. The van der Waals surface area contributed by atoms with E-state index in [2.05, 4.69) is 4.99 Å². The maximum Gasteiger partial charge on any atom is 0.169 e. The van der Waals surface area contributed by atoms with Gasteiger partial charge >= 0.3 is 0 Å². The highest BCUT2D eigenvalue weighted by molar-refractivity contribution is 6.30. The Kier molecular flexibility index (Phi) is 3.49. The van der Waals surface area contributed by atoms with Gasteiger partial charge in [0.05, 0.1) is 0 Å². The van der Waals surface area contributed by atoms with Gasteiger partial charge in [-0.05, 0) is 31.2 Å². The van der Waals surface area contributed by atoms with Crippen LogP contribution in [-0.4, -0.2) is 12.4 Å². The van der Waals surface area contributed by atoms with Gasteiger partial charge in [0.15, 0.2) is 11.6 Å². The lowest BCUT2D eigenvalue weighted by molar-refractivity contribution is 0.571. The molecule has 1 heterocycles. The highest BCUT2D eigenvalue weighted by Crippen LogP contribution is 2.24. The topological polar surface area (TPSA) is 51.5 Å². The zero-order chi connectivity index (χ0) is 12.3. The van der Waals surface area contributed by atoms with Crippen molar-refractivity contribution in [1.82, 2.24) is 0 Å². The number of halogens is 1. The number of aliphatic imine (C=N–C) groups is 1. The fourth-order valence-electron chi connectivity index (χ4n) is 1.52. The molecule has 2 aromatic rings. The van der Waals surface area contributed by atoms with E-state index in [0.717, 1.165) is 11.3 Å². The number of nitrogens with zero attached hydrogens (tertiary/aromatic N) is 1. The molecule has 0 radical (unpaired) electrons. The second-order valence-electron chi connectivity index (χ2n) is 3.53. The summed E-state index contributed by atoms with van der Waals surface area (Å²) in [6, 6.07) is 11.1. The molecule has 88 valence electrons. The summed E-state index contributed by atoms with van der Waals surface area (Å²) in [6.45, 7) is 2.56. The first kappa shape index (κ1) is 11.7. The molecule has 0 aliphatic heterocycles. The average Bonchev–Trinajstić information content (AvgIpc) is 2.78. The van der Waals surface area contributed by atoms with Crippen molar-refractivity contribution in [3.05, 3.63) is 47.2 Å². The highest BCUT2D eigenvalue weighted by atomic mass is 35.5. The monoisotopic (exact) mass is 248 g/mol. The van der Waals surface area contributed by atoms with Crippen LogP contribution in [0.25, 0.3) is 11.3 Å². The van der Waals surface area contributed by atoms with Gasteiger partial charge in [0.25, 0.3) is 0 Å². The van der Waals surface area contributed by atoms with E-state index >= 15 is 0 Å². The van der Waals surface area contributed by atoms with Gasteiger partial charge in [-0.3, -0.25) is 4.99 Å². The summed E-state index contributed by atoms with van der Waals surface area (Å²) in [5, 5.41) is 0.677. The Morgan fingerprint density at radius 2 is 2.18 bits per heavy atom. The minimum absolute atomic E-state index is 0.417. The summed E-state index contributed by atoms with van der Waals surface area (Å²) in [4.78, 5) is 4.09. The second kappa shape index (κ2) is 5.06. The van der Waals surface area contributed by atoms with Gasteiger partial charge < -0.3 is 10.2 Å². The van der Waals surface area contributed by atoms with Crippen LogP contribution in [0.2, 0.25) is 5.02 Å². The van der Waals surface area contributed by atoms with Crippen LogP contribution in [0, 0.1) is 0 Å². The second-order valence-corrected chi connectivity index (χ2v) is 3.97. The molecule has 3 nitrogen and oxygen atoms in total. The number of hydrogen-bond acceptors (Lipinski definition) is 2. The van der Waals surface area contributed by atoms with E-state index < -0.39 is 0 Å². The summed E-state index contributed by atoms with van der Waals surface area (Å²) >= 11 is 5.92. The molecule has 4 heteroatoms. The SMILES string of the molecule is CCN=C(N)c1ccc(-c2cccc(Cl)c2)o1. The van der Waals surface area contributed by atoms with Crippen LogP contribution in [0.1, 0.15) is 12.7 Å². The van der Waals surface area contributed by atoms with Gasteiger partial charge in [-0.1, -0.05) is 23.7 Å². The molecule has 0 bridgehead atoms. The number of nitrogens with two attached hydrogens (primary N) is 1. The van der Waals surface area contributed by atoms with Gasteiger partial charge in [0, 0.05) is 17.1 Å². The summed E-state index contributed by atoms with van der Waals surface area (Å²) in [6.07, 6.45) is 0. The Hall–Kier alpha value is -1.74. The van der Waals surface area contributed by atoms with Crippen molar-refractivity contribution in [1.29, 1.82) is 0 Å². The van der Waals surface area contributed by atoms with Crippen LogP contribution in [-0.2, 0) is 0 Å². The first-order valence-corrected chi connectivity index (χ1v) is 5.74. The van der Waals surface area contributed by atoms with Gasteiger partial charge in [-0.2, -0.15) is 0 Å². The van der Waals surface area contributed by atoms with Crippen molar-refractivity contribution in [2.45, 2.75) is 6.92 Å². The third kappa shape index (κ3) is 2.68. The lowest BCUT2D eigenvalue weighted by Gasteiger charge is -1.98. The van der Waals surface area contributed by atoms with Crippen molar-refractivity contribution in [2.24, 2.45) is 10.7 Å². The van der Waals surface area contributed by atoms with E-state index in [1.54, 1.807) is 0 Å². The molecule has 0 fully saturated rings. The molecule has 1 aromatic heterocycles. The lowest BCUT2D eigenvalue weighted by Crippen LogP contribution is -2.12. The predicted octanol–water partition coefficient (Wildman–Crippen LogP) is 3.33. The maximum atomic E-state index is 5.92. The van der Waals surface area contributed by atoms with Crippen molar-refractivity contribution in [3.63, 3.8) is 0 Å². The zero-order valence-corrected chi connectivity index (χ0v) is 10.2. The Labute approximate surface area is 105 Å². The molecule has 17 heavy (non-hydrogen) atoms. The molecule has 0 spiro atoms. The molecule has 1 aromatic carbocycles. The van der Waals surface area contributed by atoms with Gasteiger partial charge in [-0.15, -0.1) is 0 Å². The van der Waals surface area contributed by atoms with E-state index in [4.69, 9.17) is 21.8 Å². The van der Waals surface area contributed by atoms with Crippen LogP contribution >= 0.6 is 11.6 Å². The van der Waals surface area contributed by atoms with E-state index in [-0.39, 0.29) is 0 Å². The van der Waals surface area contributed by atoms with E-state index in [0.29, 0.717) is 23.2 Å². The molecule has 0 aliphatic carbocycles. The number of benzene rings is 1. The van der Waals surface area contributed by atoms with Gasteiger partial charge in [0.1, 0.15) is 5.76 Å². The third-order valence-corrected chi connectivity index (χ3v) is 2.53. The number of amidine groups is 1. The van der Waals surface area contributed by atoms with Crippen LogP contribution in [0.3, 0.4) is 0 Å². The Morgan fingerprint density at radius 3 is 2.88 bits per heavy atom. The van der Waals surface area contributed by atoms with Crippen molar-refractivity contribution in [3.8, 4) is 11.3 Å². The molecule has 0 saturated heterocycles. The molecular weight excluding hydrogens is 236 g/mol. The zero-order valence-electron chi connectivity index (χ0n) is 9.48. The maximum absolute atomic E-state index is 5.92. The van der Waals surface area contributed by atoms with Crippen LogP contribution < -0.4 is 5.73 Å². The number of hydrogen-bond donors (Lipinski definition) is 1. The third-order valence-electron chi connectivity index (χ3n) is 2.30. The van der Waals surface area contributed by atoms with Crippen molar-refractivity contribution < 1.29 is 4.42 Å². The highest BCUT2D eigenvalue weighted by Gasteiger charge is 2.07. The normalized spacial score (nSPS) is 11.8. The minimum atomic E-state index is 0.417. The first-order valence-electron chi connectivity index (χ1n) is 5.36. The Morgan fingerprint density at radius 1 is 1.35 bits per heavy atom. The molecule has 0 saturated carbocycles. The van der Waals surface area contributed by atoms with Crippen LogP contribution in [0.5, 0.6) is 0 Å². The Bertz CT molecular complexity index is 546. The number of rotatable bonds is 3. The quantitative estimate of drug-likeness (QED) is 0.669. The average molecular weight is 249 g/mol. The number of furan rings is 1. The van der Waals surface area contributed by atoms with Crippen molar-refractivity contribution in [2.75, 3.05) is 6.54 Å². The van der Waals surface area contributed by atoms with E-state index in [1.807, 2.05) is 43.3 Å². The van der Waals surface area contributed by atoms with Gasteiger partial charge in [0.2, 0.25) is 0 Å². The molecule has 0 unspecified atom stereocenters. The fraction of sp³-hybridized carbons (Fsp3) is 0.154. The van der Waals surface area contributed by atoms with Crippen LogP contribution in [0.15, 0.2) is 45.8 Å². The lowest BCUT2D eigenvalue weighted by atomic mass is 10.2. The minimum Gasteiger partial charge on any atom is -0.453 e. The van der Waals surface area contributed by atoms with Crippen molar-refractivity contribution >= 4 is 17.4 Å². The van der Waals surface area contributed by atoms with E-state index in [1.165, 1.54) is 0 Å². The molecular formula is C13H13ClN2O. The standard InChI is InChI=1S/C13H13ClN2O/c1-2-16-13(15)12-7-6-11(17-12)9-4-3-5-10(14)8-9/h3-8H,2H2,1H3,(H2,15,16). The largest absolute Gasteiger partial charge is 0.453 e. The summed E-state index contributed by atoms with van der Waals surface area (Å²) in [5.74, 6) is 1.74. The van der Waals surface area contributed by atoms with E-state index in [9.17, 15) is 0 Å². The van der Waals surface area contributed by atoms with Gasteiger partial charge in [-0.25, -0.2) is 0 Å². The summed E-state index contributed by atoms with van der Waals surface area (Å²) in [5.41, 5.74) is 6.68. The smallest absolute Gasteiger partial charge is 0.169 e. The summed E-state index contributed by atoms with van der Waals surface area (Å²) < 4.78 is 5.62. The van der Waals surface area contributed by atoms with Crippen LogP contribution in [0.4, 0.5) is 0 Å². The Balaban J connectivity index is 2.33. The summed E-state index contributed by atoms with van der Waals surface area (Å²) in [7, 11) is 0. The molecule has 0 atom stereocenters. The fourth-order valence-corrected chi connectivity index (χ4v) is 1.71. The molecule has 2 rings (SSSR count). The predicted molar refractivity (Wildman–Crippen MR) is 70.4 cm³/mol. The molecule has 0 amide bonds. The molecule has 2 N–H and O–H groups in total.